The lowest BCUT2D eigenvalue weighted by atomic mass is 9.87. The zero-order valence-corrected chi connectivity index (χ0v) is 14.9. The van der Waals surface area contributed by atoms with Crippen molar-refractivity contribution in [3.05, 3.63) is 108 Å². The monoisotopic (exact) mass is 342 g/mol. The first-order valence-corrected chi connectivity index (χ1v) is 9.51. The molecule has 6 aromatic carbocycles. The first kappa shape index (κ1) is 14.8. The van der Waals surface area contributed by atoms with E-state index in [1.54, 1.807) is 0 Å². The Morgan fingerprint density at radius 1 is 0.407 bits per heavy atom. The maximum atomic E-state index is 2.33. The smallest absolute Gasteiger partial charge is 0.00196 e. The van der Waals surface area contributed by atoms with Crippen molar-refractivity contribution in [1.29, 1.82) is 0 Å². The third-order valence-electron chi connectivity index (χ3n) is 5.85. The van der Waals surface area contributed by atoms with Crippen molar-refractivity contribution in [2.75, 3.05) is 0 Å². The van der Waals surface area contributed by atoms with Crippen LogP contribution in [0.3, 0.4) is 0 Å². The summed E-state index contributed by atoms with van der Waals surface area (Å²) >= 11 is 0. The molecule has 0 saturated heterocycles. The van der Waals surface area contributed by atoms with Gasteiger partial charge in [0.2, 0.25) is 0 Å². The molecule has 0 spiro atoms. The Bertz CT molecular complexity index is 1370. The Hall–Kier alpha value is -3.38. The largest absolute Gasteiger partial charge is 0.0622 e. The summed E-state index contributed by atoms with van der Waals surface area (Å²) in [7, 11) is 0. The lowest BCUT2D eigenvalue weighted by molar-refractivity contribution is 1.22. The van der Waals surface area contributed by atoms with Crippen LogP contribution in [0.1, 0.15) is 11.1 Å². The summed E-state index contributed by atoms with van der Waals surface area (Å²) in [5.41, 5.74) is 2.75. The summed E-state index contributed by atoms with van der Waals surface area (Å²) in [5, 5.41) is 10.9. The second-order valence-corrected chi connectivity index (χ2v) is 7.37. The molecule has 0 heteroatoms. The molecule has 0 nitrogen and oxygen atoms in total. The quantitative estimate of drug-likeness (QED) is 0.228. The minimum absolute atomic E-state index is 0.965. The molecule has 27 heavy (non-hydrogen) atoms. The predicted molar refractivity (Wildman–Crippen MR) is 117 cm³/mol. The van der Waals surface area contributed by atoms with Gasteiger partial charge in [-0.05, 0) is 60.6 Å². The third-order valence-corrected chi connectivity index (χ3v) is 5.85. The van der Waals surface area contributed by atoms with Crippen LogP contribution in [0.2, 0.25) is 0 Å². The Labute approximate surface area is 158 Å². The van der Waals surface area contributed by atoms with Gasteiger partial charge in [-0.3, -0.25) is 0 Å². The summed E-state index contributed by atoms with van der Waals surface area (Å²) in [6.45, 7) is 0. The van der Waals surface area contributed by atoms with E-state index in [1.165, 1.54) is 54.2 Å². The summed E-state index contributed by atoms with van der Waals surface area (Å²) in [6, 6.07) is 35.5. The molecule has 0 atom stereocenters. The zero-order valence-electron chi connectivity index (χ0n) is 14.9. The Morgan fingerprint density at radius 2 is 1.00 bits per heavy atom. The average Bonchev–Trinajstić information content (AvgIpc) is 2.73. The van der Waals surface area contributed by atoms with Gasteiger partial charge in [0.05, 0.1) is 0 Å². The van der Waals surface area contributed by atoms with Crippen molar-refractivity contribution in [1.82, 2.24) is 0 Å². The van der Waals surface area contributed by atoms with Gasteiger partial charge < -0.3 is 0 Å². The molecule has 0 aliphatic rings. The molecule has 6 rings (SSSR count). The molecule has 0 N–H and O–H groups in total. The molecule has 0 aromatic heterocycles. The highest BCUT2D eigenvalue weighted by atomic mass is 14.2. The molecule has 0 heterocycles. The van der Waals surface area contributed by atoms with E-state index in [4.69, 9.17) is 0 Å². The maximum absolute atomic E-state index is 2.33. The van der Waals surface area contributed by atoms with Crippen molar-refractivity contribution in [3.63, 3.8) is 0 Å². The van der Waals surface area contributed by atoms with Crippen molar-refractivity contribution in [3.8, 4) is 0 Å². The van der Waals surface area contributed by atoms with E-state index in [0.717, 1.165) is 6.42 Å². The summed E-state index contributed by atoms with van der Waals surface area (Å²) < 4.78 is 0. The molecule has 0 unspecified atom stereocenters. The van der Waals surface area contributed by atoms with Gasteiger partial charge in [0.25, 0.3) is 0 Å². The molecule has 6 aromatic rings. The van der Waals surface area contributed by atoms with E-state index in [-0.39, 0.29) is 0 Å². The standard InChI is InChI=1S/C27H18/c1-2-7-18(8-3-1)17-20-15-16-25-23-13-5-10-19-9-4-12-22(26(19)23)24-14-6-11-21(20)27(24)25/h1-16H,17H2. The minimum atomic E-state index is 0.965. The molecular formula is C27H18. The fraction of sp³-hybridized carbons (Fsp3) is 0.0370. The molecule has 0 aliphatic carbocycles. The van der Waals surface area contributed by atoms with Crippen LogP contribution in [0.25, 0.3) is 43.1 Å². The summed E-state index contributed by atoms with van der Waals surface area (Å²) in [6.07, 6.45) is 0.965. The van der Waals surface area contributed by atoms with Gasteiger partial charge in [0, 0.05) is 0 Å². The van der Waals surface area contributed by atoms with E-state index in [0.29, 0.717) is 0 Å². The van der Waals surface area contributed by atoms with Crippen LogP contribution in [0, 0.1) is 0 Å². The molecule has 0 amide bonds. The van der Waals surface area contributed by atoms with Crippen LogP contribution in [-0.4, -0.2) is 0 Å². The van der Waals surface area contributed by atoms with Crippen LogP contribution in [0.15, 0.2) is 97.1 Å². The number of hydrogen-bond donors (Lipinski definition) is 0. The highest BCUT2D eigenvalue weighted by Gasteiger charge is 2.14. The SMILES string of the molecule is c1ccc(Cc2ccc3c4cccc5cccc(c6cccc2c63)c54)cc1. The number of hydrogen-bond acceptors (Lipinski definition) is 0. The van der Waals surface area contributed by atoms with Gasteiger partial charge in [0.15, 0.2) is 0 Å². The van der Waals surface area contributed by atoms with Crippen LogP contribution < -0.4 is 0 Å². The highest BCUT2D eigenvalue weighted by Crippen LogP contribution is 2.41. The number of fused-ring (bicyclic) bond motifs is 2. The van der Waals surface area contributed by atoms with E-state index >= 15 is 0 Å². The fourth-order valence-electron chi connectivity index (χ4n) is 4.68. The fourth-order valence-corrected chi connectivity index (χ4v) is 4.68. The van der Waals surface area contributed by atoms with Gasteiger partial charge in [-0.2, -0.15) is 0 Å². The second-order valence-electron chi connectivity index (χ2n) is 7.37. The van der Waals surface area contributed by atoms with Gasteiger partial charge in [0.1, 0.15) is 0 Å². The molecule has 0 saturated carbocycles. The molecule has 0 radical (unpaired) electrons. The van der Waals surface area contributed by atoms with Gasteiger partial charge in [-0.1, -0.05) is 97.1 Å². The Balaban J connectivity index is 1.76. The first-order valence-electron chi connectivity index (χ1n) is 9.51. The first-order chi connectivity index (χ1) is 13.4. The average molecular weight is 342 g/mol. The van der Waals surface area contributed by atoms with Gasteiger partial charge in [-0.25, -0.2) is 0 Å². The van der Waals surface area contributed by atoms with Crippen molar-refractivity contribution >= 4 is 43.1 Å². The van der Waals surface area contributed by atoms with E-state index < -0.39 is 0 Å². The molecule has 0 fully saturated rings. The molecule has 0 bridgehead atoms. The van der Waals surface area contributed by atoms with E-state index in [2.05, 4.69) is 97.1 Å². The van der Waals surface area contributed by atoms with Crippen molar-refractivity contribution < 1.29 is 0 Å². The maximum Gasteiger partial charge on any atom is -0.00196 e. The van der Waals surface area contributed by atoms with Crippen molar-refractivity contribution in [2.45, 2.75) is 6.42 Å². The Kier molecular flexibility index (Phi) is 3.04. The lowest BCUT2D eigenvalue weighted by Gasteiger charge is -2.16. The topological polar surface area (TPSA) is 0 Å². The third kappa shape index (κ3) is 2.10. The molecule has 126 valence electrons. The zero-order chi connectivity index (χ0) is 17.8. The Morgan fingerprint density at radius 3 is 1.74 bits per heavy atom. The summed E-state index contributed by atoms with van der Waals surface area (Å²) in [5.74, 6) is 0. The van der Waals surface area contributed by atoms with Gasteiger partial charge in [-0.15, -0.1) is 0 Å². The van der Waals surface area contributed by atoms with Crippen LogP contribution >= 0.6 is 0 Å². The minimum Gasteiger partial charge on any atom is -0.0622 e. The summed E-state index contributed by atoms with van der Waals surface area (Å²) in [4.78, 5) is 0. The number of rotatable bonds is 2. The van der Waals surface area contributed by atoms with Gasteiger partial charge >= 0.3 is 0 Å². The molecular weight excluding hydrogens is 324 g/mol. The molecule has 0 aliphatic heterocycles. The van der Waals surface area contributed by atoms with E-state index in [1.807, 2.05) is 0 Å². The van der Waals surface area contributed by atoms with Crippen molar-refractivity contribution in [2.24, 2.45) is 0 Å². The van der Waals surface area contributed by atoms with Crippen LogP contribution in [-0.2, 0) is 6.42 Å². The van der Waals surface area contributed by atoms with E-state index in [9.17, 15) is 0 Å². The predicted octanol–water partition coefficient (Wildman–Crippen LogP) is 7.33. The number of benzene rings is 6. The highest BCUT2D eigenvalue weighted by molar-refractivity contribution is 6.33. The van der Waals surface area contributed by atoms with Crippen LogP contribution in [0.4, 0.5) is 0 Å². The second kappa shape index (κ2) is 5.56. The normalized spacial score (nSPS) is 11.9. The lowest BCUT2D eigenvalue weighted by Crippen LogP contribution is -1.92. The van der Waals surface area contributed by atoms with Crippen LogP contribution in [0.5, 0.6) is 0 Å².